The van der Waals surface area contributed by atoms with Crippen LogP contribution in [0.25, 0.3) is 21.1 Å². The van der Waals surface area contributed by atoms with Crippen molar-refractivity contribution in [3.8, 4) is 0 Å². The minimum absolute atomic E-state index is 0.982. The Kier molecular flexibility index (Phi) is 1.27. The lowest BCUT2D eigenvalue weighted by Crippen LogP contribution is -1.68. The number of nitrogens with one attached hydrogen (secondary N) is 1. The van der Waals surface area contributed by atoms with Gasteiger partial charge < -0.3 is 4.98 Å². The summed E-state index contributed by atoms with van der Waals surface area (Å²) in [6.07, 6.45) is 0. The van der Waals surface area contributed by atoms with E-state index in [9.17, 15) is 0 Å². The number of aromatic amines is 1. The molecule has 0 unspecified atom stereocenters. The van der Waals surface area contributed by atoms with Crippen LogP contribution in [0.2, 0.25) is 0 Å². The van der Waals surface area contributed by atoms with Crippen molar-refractivity contribution in [2.75, 3.05) is 0 Å². The molecule has 2 aromatic heterocycles. The fourth-order valence-electron chi connectivity index (χ4n) is 1.62. The largest absolute Gasteiger partial charge is 0.342 e. The summed E-state index contributed by atoms with van der Waals surface area (Å²) < 4.78 is 1.28. The van der Waals surface area contributed by atoms with E-state index in [0.717, 1.165) is 16.9 Å². The van der Waals surface area contributed by atoms with Crippen LogP contribution in [0.4, 0.5) is 0 Å². The molecule has 2 heterocycles. The molecule has 0 aliphatic rings. The van der Waals surface area contributed by atoms with Crippen molar-refractivity contribution in [1.29, 1.82) is 0 Å². The summed E-state index contributed by atoms with van der Waals surface area (Å²) >= 11 is 1.75. The van der Waals surface area contributed by atoms with E-state index in [1.54, 1.807) is 11.3 Å². The highest BCUT2D eigenvalue weighted by Gasteiger charge is 2.04. The van der Waals surface area contributed by atoms with Gasteiger partial charge in [0.05, 0.1) is 10.2 Å². The Hall–Kier alpha value is -1.35. The van der Waals surface area contributed by atoms with Gasteiger partial charge >= 0.3 is 0 Å². The monoisotopic (exact) mass is 188 g/mol. The number of aromatic nitrogens is 2. The molecule has 64 valence electrons. The molecule has 0 radical (unpaired) electrons. The van der Waals surface area contributed by atoms with Gasteiger partial charge in [0.1, 0.15) is 11.3 Å². The van der Waals surface area contributed by atoms with Crippen LogP contribution in [0.5, 0.6) is 0 Å². The van der Waals surface area contributed by atoms with E-state index in [1.165, 1.54) is 10.1 Å². The van der Waals surface area contributed by atoms with Crippen molar-refractivity contribution >= 4 is 32.5 Å². The minimum Gasteiger partial charge on any atom is -0.342 e. The Morgan fingerprint density at radius 3 is 3.15 bits per heavy atom. The number of nitrogens with zero attached hydrogens (tertiary/aromatic N) is 1. The highest BCUT2D eigenvalue weighted by molar-refractivity contribution is 7.18. The molecule has 0 fully saturated rings. The van der Waals surface area contributed by atoms with Crippen LogP contribution in [0.1, 0.15) is 5.82 Å². The molecule has 0 atom stereocenters. The first-order chi connectivity index (χ1) is 6.34. The van der Waals surface area contributed by atoms with Crippen LogP contribution >= 0.6 is 11.3 Å². The number of benzene rings is 1. The molecule has 3 aromatic rings. The molecule has 0 amide bonds. The Morgan fingerprint density at radius 2 is 2.23 bits per heavy atom. The highest BCUT2D eigenvalue weighted by Crippen LogP contribution is 2.27. The van der Waals surface area contributed by atoms with E-state index in [1.807, 2.05) is 6.92 Å². The lowest BCUT2D eigenvalue weighted by molar-refractivity contribution is 1.17. The predicted octanol–water partition coefficient (Wildman–Crippen LogP) is 3.09. The van der Waals surface area contributed by atoms with Gasteiger partial charge in [0.2, 0.25) is 0 Å². The van der Waals surface area contributed by atoms with E-state index in [4.69, 9.17) is 0 Å². The standard InChI is InChI=1S/C10H8N2S/c1-6-11-8-3-2-7-4-5-13-10(7)9(8)12-6/h2-5H,1H3,(H,11,12). The van der Waals surface area contributed by atoms with Gasteiger partial charge in [-0.05, 0) is 29.8 Å². The van der Waals surface area contributed by atoms with E-state index in [2.05, 4.69) is 33.5 Å². The molecule has 3 rings (SSSR count). The van der Waals surface area contributed by atoms with Crippen LogP contribution in [-0.2, 0) is 0 Å². The number of rotatable bonds is 0. The number of H-pyrrole nitrogens is 1. The average Bonchev–Trinajstić information content (AvgIpc) is 2.65. The quantitative estimate of drug-likeness (QED) is 0.577. The fourth-order valence-corrected chi connectivity index (χ4v) is 2.51. The molecular formula is C10H8N2S. The Labute approximate surface area is 79.2 Å². The maximum Gasteiger partial charge on any atom is 0.106 e. The van der Waals surface area contributed by atoms with Crippen LogP contribution in [0, 0.1) is 6.92 Å². The summed E-state index contributed by atoms with van der Waals surface area (Å²) in [4.78, 5) is 7.70. The number of fused-ring (bicyclic) bond motifs is 3. The topological polar surface area (TPSA) is 28.7 Å². The zero-order valence-corrected chi connectivity index (χ0v) is 7.98. The fraction of sp³-hybridized carbons (Fsp3) is 0.100. The molecule has 2 nitrogen and oxygen atoms in total. The van der Waals surface area contributed by atoms with Crippen molar-refractivity contribution < 1.29 is 0 Å². The first kappa shape index (κ1) is 7.09. The molecule has 13 heavy (non-hydrogen) atoms. The summed E-state index contributed by atoms with van der Waals surface area (Å²) in [5.41, 5.74) is 2.23. The Balaban J connectivity index is 2.64. The van der Waals surface area contributed by atoms with Gasteiger partial charge in [-0.15, -0.1) is 11.3 Å². The van der Waals surface area contributed by atoms with Crippen molar-refractivity contribution in [1.82, 2.24) is 9.97 Å². The number of hydrogen-bond donors (Lipinski definition) is 1. The lowest BCUT2D eigenvalue weighted by atomic mass is 10.2. The molecule has 1 N–H and O–H groups in total. The third-order valence-electron chi connectivity index (χ3n) is 2.19. The second-order valence-electron chi connectivity index (χ2n) is 3.12. The molecule has 0 aliphatic carbocycles. The summed E-state index contributed by atoms with van der Waals surface area (Å²) in [6.45, 7) is 1.99. The van der Waals surface area contributed by atoms with Gasteiger partial charge in [0.15, 0.2) is 0 Å². The van der Waals surface area contributed by atoms with Crippen molar-refractivity contribution in [2.24, 2.45) is 0 Å². The number of imidazole rings is 1. The third-order valence-corrected chi connectivity index (χ3v) is 3.13. The van der Waals surface area contributed by atoms with E-state index < -0.39 is 0 Å². The zero-order chi connectivity index (χ0) is 8.84. The van der Waals surface area contributed by atoms with Gasteiger partial charge in [0.25, 0.3) is 0 Å². The SMILES string of the molecule is Cc1nc2c(ccc3ccsc32)[nH]1. The van der Waals surface area contributed by atoms with Gasteiger partial charge in [-0.2, -0.15) is 0 Å². The molecule has 0 saturated carbocycles. The summed E-state index contributed by atoms with van der Waals surface area (Å²) in [5, 5.41) is 3.39. The Bertz CT molecular complexity index is 577. The molecule has 0 bridgehead atoms. The van der Waals surface area contributed by atoms with Crippen molar-refractivity contribution in [2.45, 2.75) is 6.92 Å². The predicted molar refractivity (Wildman–Crippen MR) is 56.2 cm³/mol. The molecule has 1 aromatic carbocycles. The van der Waals surface area contributed by atoms with Crippen molar-refractivity contribution in [3.05, 3.63) is 29.4 Å². The molecule has 0 aliphatic heterocycles. The molecular weight excluding hydrogens is 180 g/mol. The third kappa shape index (κ3) is 0.906. The number of hydrogen-bond acceptors (Lipinski definition) is 2. The van der Waals surface area contributed by atoms with Crippen LogP contribution in [0.3, 0.4) is 0 Å². The van der Waals surface area contributed by atoms with Gasteiger partial charge in [-0.3, -0.25) is 0 Å². The van der Waals surface area contributed by atoms with E-state index >= 15 is 0 Å². The van der Waals surface area contributed by atoms with Gasteiger partial charge in [-0.25, -0.2) is 4.98 Å². The van der Waals surface area contributed by atoms with E-state index in [0.29, 0.717) is 0 Å². The first-order valence-electron chi connectivity index (χ1n) is 4.17. The number of aryl methyl sites for hydroxylation is 1. The smallest absolute Gasteiger partial charge is 0.106 e. The summed E-state index contributed by atoms with van der Waals surface area (Å²) in [7, 11) is 0. The zero-order valence-electron chi connectivity index (χ0n) is 7.16. The second kappa shape index (κ2) is 2.33. The highest BCUT2D eigenvalue weighted by atomic mass is 32.1. The molecule has 0 saturated heterocycles. The summed E-state index contributed by atoms with van der Waals surface area (Å²) in [5.74, 6) is 0.982. The van der Waals surface area contributed by atoms with Crippen LogP contribution < -0.4 is 0 Å². The lowest BCUT2D eigenvalue weighted by Gasteiger charge is -1.89. The van der Waals surface area contributed by atoms with Crippen LogP contribution in [-0.4, -0.2) is 9.97 Å². The van der Waals surface area contributed by atoms with E-state index in [-0.39, 0.29) is 0 Å². The average molecular weight is 188 g/mol. The number of thiophene rings is 1. The first-order valence-corrected chi connectivity index (χ1v) is 5.05. The van der Waals surface area contributed by atoms with Crippen molar-refractivity contribution in [3.63, 3.8) is 0 Å². The summed E-state index contributed by atoms with van der Waals surface area (Å²) in [6, 6.07) is 6.35. The molecule has 0 spiro atoms. The maximum atomic E-state index is 4.47. The van der Waals surface area contributed by atoms with Gasteiger partial charge in [0, 0.05) is 0 Å². The second-order valence-corrected chi connectivity index (χ2v) is 4.04. The normalized spacial score (nSPS) is 11.5. The Morgan fingerprint density at radius 1 is 1.31 bits per heavy atom. The minimum atomic E-state index is 0.982. The maximum absolute atomic E-state index is 4.47. The molecule has 3 heteroatoms. The van der Waals surface area contributed by atoms with Gasteiger partial charge in [-0.1, -0.05) is 6.07 Å². The van der Waals surface area contributed by atoms with Crippen LogP contribution in [0.15, 0.2) is 23.6 Å².